The molecule has 0 aromatic carbocycles. The quantitative estimate of drug-likeness (QED) is 0.783. The summed E-state index contributed by atoms with van der Waals surface area (Å²) in [7, 11) is -3.35. The molecule has 1 heterocycles. The average Bonchev–Trinajstić information content (AvgIpc) is 2.12. The smallest absolute Gasteiger partial charge is 0.253 e. The van der Waals surface area contributed by atoms with Gasteiger partial charge < -0.3 is 10.3 Å². The highest BCUT2D eigenvalue weighted by Gasteiger charge is 2.12. The lowest BCUT2D eigenvalue weighted by molar-refractivity contribution is -0.118. The van der Waals surface area contributed by atoms with Crippen LogP contribution in [0.15, 0.2) is 10.9 Å². The summed E-state index contributed by atoms with van der Waals surface area (Å²) in [6, 6.07) is 1.79. The van der Waals surface area contributed by atoms with Crippen molar-refractivity contribution in [3.05, 3.63) is 33.2 Å². The SMILES string of the molecule is Cc1cc(C)c(CNC(=O)CS(C)(=O)=O)c(=O)[nH]1. The first kappa shape index (κ1) is 14.4. The van der Waals surface area contributed by atoms with E-state index in [-0.39, 0.29) is 12.1 Å². The number of hydrogen-bond donors (Lipinski definition) is 2. The topological polar surface area (TPSA) is 96.1 Å². The van der Waals surface area contributed by atoms with Crippen molar-refractivity contribution in [1.82, 2.24) is 10.3 Å². The van der Waals surface area contributed by atoms with Crippen LogP contribution in [0.3, 0.4) is 0 Å². The lowest BCUT2D eigenvalue weighted by Crippen LogP contribution is -2.32. The first-order chi connectivity index (χ1) is 8.19. The Kier molecular flexibility index (Phi) is 4.28. The Bertz CT molecular complexity index is 616. The van der Waals surface area contributed by atoms with Crippen LogP contribution in [0, 0.1) is 13.8 Å². The van der Waals surface area contributed by atoms with Gasteiger partial charge in [0.15, 0.2) is 9.84 Å². The summed E-state index contributed by atoms with van der Waals surface area (Å²) >= 11 is 0. The van der Waals surface area contributed by atoms with Crippen molar-refractivity contribution in [2.75, 3.05) is 12.0 Å². The van der Waals surface area contributed by atoms with E-state index in [2.05, 4.69) is 10.3 Å². The molecule has 0 saturated carbocycles. The number of carbonyl (C=O) groups excluding carboxylic acids is 1. The molecule has 1 aromatic heterocycles. The lowest BCUT2D eigenvalue weighted by atomic mass is 10.1. The van der Waals surface area contributed by atoms with Crippen LogP contribution in [0.4, 0.5) is 0 Å². The van der Waals surface area contributed by atoms with Gasteiger partial charge in [-0.1, -0.05) is 0 Å². The third kappa shape index (κ3) is 4.33. The highest BCUT2D eigenvalue weighted by atomic mass is 32.2. The van der Waals surface area contributed by atoms with Crippen LogP contribution in [0.5, 0.6) is 0 Å². The highest BCUT2D eigenvalue weighted by molar-refractivity contribution is 7.91. The van der Waals surface area contributed by atoms with Crippen LogP contribution in [-0.2, 0) is 21.2 Å². The van der Waals surface area contributed by atoms with Crippen LogP contribution >= 0.6 is 0 Å². The van der Waals surface area contributed by atoms with Crippen LogP contribution in [0.2, 0.25) is 0 Å². The van der Waals surface area contributed by atoms with Gasteiger partial charge in [0, 0.05) is 24.1 Å². The van der Waals surface area contributed by atoms with Gasteiger partial charge in [-0.05, 0) is 25.5 Å². The molecule has 0 aliphatic carbocycles. The predicted molar refractivity (Wildman–Crippen MR) is 68.1 cm³/mol. The van der Waals surface area contributed by atoms with Crippen LogP contribution in [-0.4, -0.2) is 31.3 Å². The van der Waals surface area contributed by atoms with Gasteiger partial charge in [-0.3, -0.25) is 9.59 Å². The minimum atomic E-state index is -3.35. The minimum absolute atomic E-state index is 0.0236. The van der Waals surface area contributed by atoms with E-state index in [9.17, 15) is 18.0 Å². The molecule has 18 heavy (non-hydrogen) atoms. The van der Waals surface area contributed by atoms with Crippen molar-refractivity contribution < 1.29 is 13.2 Å². The second kappa shape index (κ2) is 5.34. The van der Waals surface area contributed by atoms with Crippen molar-refractivity contribution in [3.8, 4) is 0 Å². The van der Waals surface area contributed by atoms with Gasteiger partial charge in [0.25, 0.3) is 5.56 Å². The Hall–Kier alpha value is -1.63. The van der Waals surface area contributed by atoms with E-state index in [1.165, 1.54) is 0 Å². The van der Waals surface area contributed by atoms with Gasteiger partial charge >= 0.3 is 0 Å². The standard InChI is InChI=1S/C11H16N2O4S/c1-7-4-8(2)13-11(15)9(7)5-12-10(14)6-18(3,16)17/h4H,5-6H2,1-3H3,(H,12,14)(H,13,15). The number of aryl methyl sites for hydroxylation is 2. The summed E-state index contributed by atoms with van der Waals surface area (Å²) in [6.45, 7) is 3.55. The summed E-state index contributed by atoms with van der Waals surface area (Å²) in [5.41, 5.74) is 1.66. The van der Waals surface area contributed by atoms with Gasteiger partial charge in [0.2, 0.25) is 5.91 Å². The molecule has 0 unspecified atom stereocenters. The Balaban J connectivity index is 2.76. The predicted octanol–water partition coefficient (Wildman–Crippen LogP) is -0.347. The summed E-state index contributed by atoms with van der Waals surface area (Å²) in [5, 5.41) is 2.42. The average molecular weight is 272 g/mol. The van der Waals surface area contributed by atoms with E-state index in [0.717, 1.165) is 17.5 Å². The van der Waals surface area contributed by atoms with Crippen molar-refractivity contribution in [2.45, 2.75) is 20.4 Å². The summed E-state index contributed by atoms with van der Waals surface area (Å²) in [4.78, 5) is 25.6. The molecular weight excluding hydrogens is 256 g/mol. The largest absolute Gasteiger partial charge is 0.351 e. The molecule has 1 rings (SSSR count). The lowest BCUT2D eigenvalue weighted by Gasteiger charge is -2.07. The van der Waals surface area contributed by atoms with Crippen molar-refractivity contribution in [3.63, 3.8) is 0 Å². The van der Waals surface area contributed by atoms with Crippen molar-refractivity contribution in [2.24, 2.45) is 0 Å². The molecular formula is C11H16N2O4S. The zero-order chi connectivity index (χ0) is 13.9. The van der Waals surface area contributed by atoms with Crippen LogP contribution in [0.25, 0.3) is 0 Å². The first-order valence-electron chi connectivity index (χ1n) is 5.33. The number of rotatable bonds is 4. The number of pyridine rings is 1. The van der Waals surface area contributed by atoms with Gasteiger partial charge in [-0.2, -0.15) is 0 Å². The molecule has 1 amide bonds. The number of amides is 1. The number of H-pyrrole nitrogens is 1. The Morgan fingerprint density at radius 3 is 2.50 bits per heavy atom. The molecule has 100 valence electrons. The summed E-state index contributed by atoms with van der Waals surface area (Å²) < 4.78 is 21.8. The van der Waals surface area contributed by atoms with E-state index in [4.69, 9.17) is 0 Å². The first-order valence-corrected chi connectivity index (χ1v) is 7.39. The maximum absolute atomic E-state index is 11.6. The normalized spacial score (nSPS) is 11.3. The summed E-state index contributed by atoms with van der Waals surface area (Å²) in [6.07, 6.45) is 0.983. The number of aromatic amines is 1. The molecule has 0 bridgehead atoms. The van der Waals surface area contributed by atoms with Crippen molar-refractivity contribution in [1.29, 1.82) is 0 Å². The Morgan fingerprint density at radius 2 is 2.00 bits per heavy atom. The fraction of sp³-hybridized carbons (Fsp3) is 0.455. The number of nitrogens with one attached hydrogen (secondary N) is 2. The Labute approximate surface area is 105 Å². The molecule has 0 aliphatic rings. The fourth-order valence-corrected chi connectivity index (χ4v) is 2.16. The third-order valence-electron chi connectivity index (χ3n) is 2.35. The molecule has 0 atom stereocenters. The highest BCUT2D eigenvalue weighted by Crippen LogP contribution is 2.02. The van der Waals surface area contributed by atoms with E-state index in [1.807, 2.05) is 0 Å². The van der Waals surface area contributed by atoms with Crippen LogP contribution < -0.4 is 10.9 Å². The number of carbonyl (C=O) groups is 1. The van der Waals surface area contributed by atoms with Gasteiger partial charge in [-0.25, -0.2) is 8.42 Å². The maximum atomic E-state index is 11.6. The van der Waals surface area contributed by atoms with Crippen molar-refractivity contribution >= 4 is 15.7 Å². The fourth-order valence-electron chi connectivity index (χ4n) is 1.58. The zero-order valence-corrected chi connectivity index (χ0v) is 11.3. The third-order valence-corrected chi connectivity index (χ3v) is 3.14. The van der Waals surface area contributed by atoms with Crippen LogP contribution in [0.1, 0.15) is 16.8 Å². The monoisotopic (exact) mass is 272 g/mol. The molecule has 0 spiro atoms. The summed E-state index contributed by atoms with van der Waals surface area (Å²) in [5.74, 6) is -1.19. The van der Waals surface area contributed by atoms with Gasteiger partial charge in [-0.15, -0.1) is 0 Å². The van der Waals surface area contributed by atoms with E-state index in [0.29, 0.717) is 5.56 Å². The molecule has 0 saturated heterocycles. The molecule has 7 heteroatoms. The minimum Gasteiger partial charge on any atom is -0.351 e. The molecule has 0 fully saturated rings. The number of hydrogen-bond acceptors (Lipinski definition) is 4. The van der Waals surface area contributed by atoms with Gasteiger partial charge in [0.1, 0.15) is 5.75 Å². The molecule has 0 radical (unpaired) electrons. The molecule has 6 nitrogen and oxygen atoms in total. The Morgan fingerprint density at radius 1 is 1.39 bits per heavy atom. The maximum Gasteiger partial charge on any atom is 0.253 e. The van der Waals surface area contributed by atoms with Gasteiger partial charge in [0.05, 0.1) is 0 Å². The van der Waals surface area contributed by atoms with E-state index >= 15 is 0 Å². The number of sulfone groups is 1. The molecule has 2 N–H and O–H groups in total. The number of aromatic nitrogens is 1. The second-order valence-corrected chi connectivity index (χ2v) is 6.43. The zero-order valence-electron chi connectivity index (χ0n) is 10.5. The molecule has 1 aromatic rings. The van der Waals surface area contributed by atoms with E-state index in [1.54, 1.807) is 19.9 Å². The van der Waals surface area contributed by atoms with E-state index < -0.39 is 21.5 Å². The molecule has 0 aliphatic heterocycles. The second-order valence-electron chi connectivity index (χ2n) is 4.29.